The topological polar surface area (TPSA) is 106 Å². The van der Waals surface area contributed by atoms with E-state index in [1.165, 1.54) is 0 Å². The smallest absolute Gasteiger partial charge is 0.220 e. The molecule has 0 rings (SSSR count). The number of unbranched alkanes of at least 4 members (excludes halogenated alkanes) is 1. The zero-order valence-corrected chi connectivity index (χ0v) is 10.4. The molecule has 0 unspecified atom stereocenters. The lowest BCUT2D eigenvalue weighted by atomic mass is 10.2. The highest BCUT2D eigenvalue weighted by Crippen LogP contribution is 1.99. The van der Waals surface area contributed by atoms with Crippen molar-refractivity contribution in [1.82, 2.24) is 10.6 Å². The third-order valence-electron chi connectivity index (χ3n) is 2.18. The maximum atomic E-state index is 11.2. The zero-order valence-electron chi connectivity index (χ0n) is 10.4. The number of nitriles is 2. The van der Waals surface area contributed by atoms with Crippen LogP contribution in [0.3, 0.4) is 0 Å². The molecule has 0 saturated carbocycles. The van der Waals surface area contributed by atoms with Crippen LogP contribution >= 0.6 is 0 Å². The first-order valence-corrected chi connectivity index (χ1v) is 5.98. The second-order valence-electron chi connectivity index (χ2n) is 3.72. The van der Waals surface area contributed by atoms with E-state index in [0.29, 0.717) is 51.6 Å². The zero-order chi connectivity index (χ0) is 13.6. The lowest BCUT2D eigenvalue weighted by Gasteiger charge is -2.03. The molecule has 0 fully saturated rings. The number of carbonyl (C=O) groups excluding carboxylic acids is 2. The summed E-state index contributed by atoms with van der Waals surface area (Å²) in [6, 6.07) is 3.88. The maximum Gasteiger partial charge on any atom is 0.220 e. The third-order valence-corrected chi connectivity index (χ3v) is 2.18. The average molecular weight is 250 g/mol. The number of amides is 2. The summed E-state index contributed by atoms with van der Waals surface area (Å²) in [6.45, 7) is 0.758. The van der Waals surface area contributed by atoms with Crippen LogP contribution in [0.4, 0.5) is 0 Å². The molecule has 0 bridgehead atoms. The summed E-state index contributed by atoms with van der Waals surface area (Å²) in [6.07, 6.45) is 2.65. The Bertz CT molecular complexity index is 307. The molecule has 0 spiro atoms. The number of hydrogen-bond donors (Lipinski definition) is 2. The standard InChI is InChI=1S/C12H18N4O2/c13-7-3-9-15-11(17)5-1-2-6-12(18)16-10-4-8-14/h1-6,9-10H2,(H,15,17)(H,16,18). The van der Waals surface area contributed by atoms with Gasteiger partial charge >= 0.3 is 0 Å². The maximum absolute atomic E-state index is 11.2. The van der Waals surface area contributed by atoms with Gasteiger partial charge in [0.25, 0.3) is 0 Å². The minimum absolute atomic E-state index is 0.0878. The van der Waals surface area contributed by atoms with E-state index in [1.807, 2.05) is 12.1 Å². The molecular formula is C12H18N4O2. The van der Waals surface area contributed by atoms with E-state index in [-0.39, 0.29) is 11.8 Å². The molecule has 0 aliphatic carbocycles. The predicted octanol–water partition coefficient (Wildman–Crippen LogP) is 0.607. The molecule has 0 heterocycles. The van der Waals surface area contributed by atoms with E-state index in [2.05, 4.69) is 10.6 Å². The van der Waals surface area contributed by atoms with E-state index in [4.69, 9.17) is 10.5 Å². The average Bonchev–Trinajstić information content (AvgIpc) is 2.35. The Morgan fingerprint density at radius 1 is 0.833 bits per heavy atom. The van der Waals surface area contributed by atoms with Gasteiger partial charge in [-0.25, -0.2) is 0 Å². The summed E-state index contributed by atoms with van der Waals surface area (Å²) in [5.74, 6) is -0.176. The molecule has 98 valence electrons. The van der Waals surface area contributed by atoms with Crippen molar-refractivity contribution in [3.63, 3.8) is 0 Å². The van der Waals surface area contributed by atoms with Crippen LogP contribution in [-0.2, 0) is 9.59 Å². The van der Waals surface area contributed by atoms with Crippen LogP contribution in [0.15, 0.2) is 0 Å². The van der Waals surface area contributed by atoms with E-state index in [0.717, 1.165) is 0 Å². The highest BCUT2D eigenvalue weighted by atomic mass is 16.2. The molecule has 6 nitrogen and oxygen atoms in total. The first-order valence-electron chi connectivity index (χ1n) is 5.98. The van der Waals surface area contributed by atoms with Crippen molar-refractivity contribution in [2.24, 2.45) is 0 Å². The van der Waals surface area contributed by atoms with Gasteiger partial charge in [0.2, 0.25) is 11.8 Å². The second-order valence-corrected chi connectivity index (χ2v) is 3.72. The molecule has 0 aliphatic heterocycles. The monoisotopic (exact) mass is 250 g/mol. The molecular weight excluding hydrogens is 232 g/mol. The molecule has 2 N–H and O–H groups in total. The van der Waals surface area contributed by atoms with Gasteiger partial charge in [-0.1, -0.05) is 0 Å². The van der Waals surface area contributed by atoms with E-state index in [1.54, 1.807) is 0 Å². The Labute approximate surface area is 107 Å². The number of rotatable bonds is 9. The minimum atomic E-state index is -0.0878. The van der Waals surface area contributed by atoms with Crippen molar-refractivity contribution in [2.45, 2.75) is 38.5 Å². The summed E-state index contributed by atoms with van der Waals surface area (Å²) in [5, 5.41) is 21.8. The van der Waals surface area contributed by atoms with Gasteiger partial charge in [0, 0.05) is 25.9 Å². The van der Waals surface area contributed by atoms with Crippen LogP contribution in [0, 0.1) is 22.7 Å². The highest BCUT2D eigenvalue weighted by molar-refractivity contribution is 5.77. The molecule has 6 heteroatoms. The van der Waals surface area contributed by atoms with Crippen LogP contribution in [-0.4, -0.2) is 24.9 Å². The quantitative estimate of drug-likeness (QED) is 0.584. The third kappa shape index (κ3) is 10.4. The summed E-state index contributed by atoms with van der Waals surface area (Å²) >= 11 is 0. The van der Waals surface area contributed by atoms with Crippen LogP contribution in [0.25, 0.3) is 0 Å². The number of nitrogens with one attached hydrogen (secondary N) is 2. The van der Waals surface area contributed by atoms with E-state index in [9.17, 15) is 9.59 Å². The summed E-state index contributed by atoms with van der Waals surface area (Å²) in [5.41, 5.74) is 0. The fraction of sp³-hybridized carbons (Fsp3) is 0.667. The van der Waals surface area contributed by atoms with Gasteiger partial charge in [0.1, 0.15) is 0 Å². The Balaban J connectivity index is 3.39. The predicted molar refractivity (Wildman–Crippen MR) is 64.9 cm³/mol. The van der Waals surface area contributed by atoms with Crippen LogP contribution in [0.5, 0.6) is 0 Å². The first kappa shape index (κ1) is 15.9. The normalized spacial score (nSPS) is 9.00. The van der Waals surface area contributed by atoms with E-state index < -0.39 is 0 Å². The minimum Gasteiger partial charge on any atom is -0.355 e. The van der Waals surface area contributed by atoms with Crippen molar-refractivity contribution in [3.8, 4) is 12.1 Å². The summed E-state index contributed by atoms with van der Waals surface area (Å²) < 4.78 is 0. The molecule has 0 aliphatic rings. The Morgan fingerprint density at radius 2 is 1.22 bits per heavy atom. The highest BCUT2D eigenvalue weighted by Gasteiger charge is 2.03. The number of hydrogen-bond acceptors (Lipinski definition) is 4. The molecule has 0 atom stereocenters. The Kier molecular flexibility index (Phi) is 10.1. The van der Waals surface area contributed by atoms with Crippen molar-refractivity contribution in [3.05, 3.63) is 0 Å². The molecule has 2 amide bonds. The van der Waals surface area contributed by atoms with Gasteiger partial charge in [0.15, 0.2) is 0 Å². The van der Waals surface area contributed by atoms with Crippen molar-refractivity contribution >= 4 is 11.8 Å². The Hall–Kier alpha value is -2.08. The van der Waals surface area contributed by atoms with Crippen molar-refractivity contribution in [1.29, 1.82) is 10.5 Å². The van der Waals surface area contributed by atoms with Gasteiger partial charge in [-0.05, 0) is 12.8 Å². The second kappa shape index (κ2) is 11.4. The van der Waals surface area contributed by atoms with Crippen LogP contribution in [0.2, 0.25) is 0 Å². The molecule has 0 aromatic rings. The van der Waals surface area contributed by atoms with Crippen LogP contribution < -0.4 is 10.6 Å². The fourth-order valence-corrected chi connectivity index (χ4v) is 1.26. The lowest BCUT2D eigenvalue weighted by Crippen LogP contribution is -2.25. The van der Waals surface area contributed by atoms with Gasteiger partial charge < -0.3 is 10.6 Å². The molecule has 0 aromatic heterocycles. The SMILES string of the molecule is N#CCCNC(=O)CCCCC(=O)NCCC#N. The van der Waals surface area contributed by atoms with Gasteiger partial charge in [-0.3, -0.25) is 9.59 Å². The van der Waals surface area contributed by atoms with Gasteiger partial charge in [-0.15, -0.1) is 0 Å². The first-order chi connectivity index (χ1) is 8.70. The molecule has 0 radical (unpaired) electrons. The van der Waals surface area contributed by atoms with Gasteiger partial charge in [0.05, 0.1) is 25.0 Å². The lowest BCUT2D eigenvalue weighted by molar-refractivity contribution is -0.123. The van der Waals surface area contributed by atoms with Crippen LogP contribution in [0.1, 0.15) is 38.5 Å². The van der Waals surface area contributed by atoms with Gasteiger partial charge in [-0.2, -0.15) is 10.5 Å². The van der Waals surface area contributed by atoms with E-state index >= 15 is 0 Å². The summed E-state index contributed by atoms with van der Waals surface area (Å²) in [4.78, 5) is 22.4. The van der Waals surface area contributed by atoms with Crippen molar-refractivity contribution < 1.29 is 9.59 Å². The number of carbonyl (C=O) groups is 2. The molecule has 18 heavy (non-hydrogen) atoms. The number of nitrogens with zero attached hydrogens (tertiary/aromatic N) is 2. The summed E-state index contributed by atoms with van der Waals surface area (Å²) in [7, 11) is 0. The molecule has 0 aromatic carbocycles. The molecule has 0 saturated heterocycles. The largest absolute Gasteiger partial charge is 0.355 e. The Morgan fingerprint density at radius 3 is 1.56 bits per heavy atom. The van der Waals surface area contributed by atoms with Crippen molar-refractivity contribution in [2.75, 3.05) is 13.1 Å². The fourth-order valence-electron chi connectivity index (χ4n) is 1.26.